The maximum absolute atomic E-state index is 13.4. The zero-order valence-corrected chi connectivity index (χ0v) is 11.0. The van der Waals surface area contributed by atoms with E-state index in [0.29, 0.717) is 13.0 Å². The molecule has 1 N–H and O–H groups in total. The fraction of sp³-hybridized carbons (Fsp3) is 0.417. The largest absolute Gasteiger partial charge is 0.391 e. The SMILES string of the molecule is O=C(c1cc(F)c(Cl)cc1Cl)N1CCC[C@H](O)C1. The first-order valence-electron chi connectivity index (χ1n) is 5.61. The number of likely N-dealkylation sites (tertiary alicyclic amines) is 1. The monoisotopic (exact) mass is 291 g/mol. The number of rotatable bonds is 1. The summed E-state index contributed by atoms with van der Waals surface area (Å²) in [6, 6.07) is 2.25. The van der Waals surface area contributed by atoms with Crippen LogP contribution in [-0.4, -0.2) is 35.1 Å². The number of piperidine rings is 1. The number of amides is 1. The fourth-order valence-electron chi connectivity index (χ4n) is 2.00. The van der Waals surface area contributed by atoms with E-state index in [9.17, 15) is 14.3 Å². The summed E-state index contributed by atoms with van der Waals surface area (Å²) >= 11 is 11.5. The van der Waals surface area contributed by atoms with Gasteiger partial charge < -0.3 is 10.0 Å². The van der Waals surface area contributed by atoms with Crippen molar-refractivity contribution in [1.29, 1.82) is 0 Å². The van der Waals surface area contributed by atoms with Crippen LogP contribution >= 0.6 is 23.2 Å². The van der Waals surface area contributed by atoms with E-state index in [1.54, 1.807) is 0 Å². The van der Waals surface area contributed by atoms with Crippen LogP contribution < -0.4 is 0 Å². The molecule has 0 radical (unpaired) electrons. The number of β-amino-alcohol motifs (C(OH)–C–C–N with tert-alkyl or cyclic N) is 1. The number of aliphatic hydroxyl groups is 1. The van der Waals surface area contributed by atoms with Crippen LogP contribution in [0, 0.1) is 5.82 Å². The van der Waals surface area contributed by atoms with Crippen molar-refractivity contribution in [3.05, 3.63) is 33.6 Å². The van der Waals surface area contributed by atoms with Crippen molar-refractivity contribution in [2.45, 2.75) is 18.9 Å². The maximum atomic E-state index is 13.4. The molecule has 0 unspecified atom stereocenters. The molecule has 1 aliphatic heterocycles. The van der Waals surface area contributed by atoms with Crippen molar-refractivity contribution in [1.82, 2.24) is 4.90 Å². The molecule has 98 valence electrons. The lowest BCUT2D eigenvalue weighted by molar-refractivity contribution is 0.0473. The Balaban J connectivity index is 2.25. The molecule has 0 saturated carbocycles. The van der Waals surface area contributed by atoms with Gasteiger partial charge in [0.2, 0.25) is 0 Å². The molecule has 1 saturated heterocycles. The quantitative estimate of drug-likeness (QED) is 0.809. The third-order valence-electron chi connectivity index (χ3n) is 2.92. The number of halogens is 3. The molecule has 1 aromatic rings. The van der Waals surface area contributed by atoms with Crippen molar-refractivity contribution in [3.8, 4) is 0 Å². The van der Waals surface area contributed by atoms with E-state index in [4.69, 9.17) is 23.2 Å². The average molecular weight is 292 g/mol. The number of carbonyl (C=O) groups excluding carboxylic acids is 1. The molecule has 18 heavy (non-hydrogen) atoms. The Morgan fingerprint density at radius 3 is 2.78 bits per heavy atom. The molecular formula is C12H12Cl2FNO2. The molecule has 1 aliphatic rings. The molecule has 0 bridgehead atoms. The summed E-state index contributed by atoms with van der Waals surface area (Å²) in [6.07, 6.45) is 0.867. The third kappa shape index (κ3) is 2.76. The summed E-state index contributed by atoms with van der Waals surface area (Å²) in [6.45, 7) is 0.788. The molecule has 0 spiro atoms. The molecule has 2 rings (SSSR count). The van der Waals surface area contributed by atoms with Gasteiger partial charge in [0.1, 0.15) is 5.82 Å². The molecule has 0 aliphatic carbocycles. The van der Waals surface area contributed by atoms with Crippen LogP contribution in [0.5, 0.6) is 0 Å². The first-order chi connectivity index (χ1) is 8.49. The summed E-state index contributed by atoms with van der Waals surface area (Å²) in [5.74, 6) is -1.06. The minimum absolute atomic E-state index is 0.0765. The highest BCUT2D eigenvalue weighted by Crippen LogP contribution is 2.26. The van der Waals surface area contributed by atoms with Crippen LogP contribution in [0.3, 0.4) is 0 Å². The van der Waals surface area contributed by atoms with E-state index in [2.05, 4.69) is 0 Å². The Labute approximate surface area is 114 Å². The number of hydrogen-bond donors (Lipinski definition) is 1. The van der Waals surface area contributed by atoms with Crippen molar-refractivity contribution in [3.63, 3.8) is 0 Å². The van der Waals surface area contributed by atoms with Crippen LogP contribution in [0.25, 0.3) is 0 Å². The molecule has 3 nitrogen and oxygen atoms in total. The molecule has 1 aromatic carbocycles. The van der Waals surface area contributed by atoms with Crippen LogP contribution in [0.4, 0.5) is 4.39 Å². The Bertz CT molecular complexity index is 481. The van der Waals surface area contributed by atoms with Crippen LogP contribution in [-0.2, 0) is 0 Å². The molecule has 1 amide bonds. The predicted octanol–water partition coefficient (Wildman–Crippen LogP) is 2.73. The summed E-state index contributed by atoms with van der Waals surface area (Å²) < 4.78 is 13.4. The topological polar surface area (TPSA) is 40.5 Å². The smallest absolute Gasteiger partial charge is 0.255 e. The minimum Gasteiger partial charge on any atom is -0.391 e. The van der Waals surface area contributed by atoms with Crippen molar-refractivity contribution in [2.24, 2.45) is 0 Å². The van der Waals surface area contributed by atoms with Gasteiger partial charge in [-0.05, 0) is 25.0 Å². The average Bonchev–Trinajstić information content (AvgIpc) is 2.33. The second kappa shape index (κ2) is 5.43. The van der Waals surface area contributed by atoms with E-state index in [-0.39, 0.29) is 28.1 Å². The molecule has 1 fully saturated rings. The van der Waals surface area contributed by atoms with Crippen LogP contribution in [0.2, 0.25) is 10.0 Å². The molecule has 0 aromatic heterocycles. The lowest BCUT2D eigenvalue weighted by Crippen LogP contribution is -2.42. The van der Waals surface area contributed by atoms with Crippen molar-refractivity contribution >= 4 is 29.1 Å². The normalized spacial score (nSPS) is 20.0. The van der Waals surface area contributed by atoms with Gasteiger partial charge in [-0.15, -0.1) is 0 Å². The van der Waals surface area contributed by atoms with E-state index >= 15 is 0 Å². The van der Waals surface area contributed by atoms with Gasteiger partial charge in [0.25, 0.3) is 5.91 Å². The Hall–Kier alpha value is -0.840. The molecule has 6 heteroatoms. The highest BCUT2D eigenvalue weighted by Gasteiger charge is 2.25. The van der Waals surface area contributed by atoms with Crippen molar-refractivity contribution < 1.29 is 14.3 Å². The minimum atomic E-state index is -0.679. The van der Waals surface area contributed by atoms with Gasteiger partial charge in [0, 0.05) is 13.1 Å². The van der Waals surface area contributed by atoms with Crippen molar-refractivity contribution in [2.75, 3.05) is 13.1 Å². The molecular weight excluding hydrogens is 280 g/mol. The second-order valence-electron chi connectivity index (χ2n) is 4.29. The van der Waals surface area contributed by atoms with Gasteiger partial charge in [-0.25, -0.2) is 4.39 Å². The van der Waals surface area contributed by atoms with Gasteiger partial charge in [-0.2, -0.15) is 0 Å². The fourth-order valence-corrected chi connectivity index (χ4v) is 2.46. The highest BCUT2D eigenvalue weighted by atomic mass is 35.5. The summed E-state index contributed by atoms with van der Waals surface area (Å²) in [7, 11) is 0. The number of hydrogen-bond acceptors (Lipinski definition) is 2. The van der Waals surface area contributed by atoms with Gasteiger partial charge in [0.05, 0.1) is 21.7 Å². The van der Waals surface area contributed by atoms with E-state index in [1.165, 1.54) is 11.0 Å². The number of benzene rings is 1. The standard InChI is InChI=1S/C12H12Cl2FNO2/c13-9-5-10(14)11(15)4-8(9)12(18)16-3-1-2-7(17)6-16/h4-5,7,17H,1-3,6H2/t7-/m0/s1. The zero-order valence-electron chi connectivity index (χ0n) is 9.50. The number of aliphatic hydroxyl groups excluding tert-OH is 1. The van der Waals surface area contributed by atoms with E-state index < -0.39 is 11.9 Å². The first-order valence-corrected chi connectivity index (χ1v) is 6.36. The summed E-state index contributed by atoms with van der Waals surface area (Å²) in [5.41, 5.74) is 0.0765. The highest BCUT2D eigenvalue weighted by molar-refractivity contribution is 6.36. The van der Waals surface area contributed by atoms with Gasteiger partial charge in [-0.3, -0.25) is 4.79 Å². The zero-order chi connectivity index (χ0) is 13.3. The van der Waals surface area contributed by atoms with Crippen LogP contribution in [0.15, 0.2) is 12.1 Å². The predicted molar refractivity (Wildman–Crippen MR) is 67.6 cm³/mol. The Morgan fingerprint density at radius 2 is 2.11 bits per heavy atom. The van der Waals surface area contributed by atoms with Crippen LogP contribution in [0.1, 0.15) is 23.2 Å². The lowest BCUT2D eigenvalue weighted by Gasteiger charge is -2.30. The van der Waals surface area contributed by atoms with Gasteiger partial charge >= 0.3 is 0 Å². The van der Waals surface area contributed by atoms with E-state index in [1.807, 2.05) is 0 Å². The lowest BCUT2D eigenvalue weighted by atomic mass is 10.1. The number of carbonyl (C=O) groups is 1. The maximum Gasteiger partial charge on any atom is 0.255 e. The molecule has 1 heterocycles. The van der Waals surface area contributed by atoms with Gasteiger partial charge in [-0.1, -0.05) is 23.2 Å². The number of nitrogens with zero attached hydrogens (tertiary/aromatic N) is 1. The summed E-state index contributed by atoms with van der Waals surface area (Å²) in [5, 5.41) is 9.52. The Morgan fingerprint density at radius 1 is 1.39 bits per heavy atom. The Kier molecular flexibility index (Phi) is 4.10. The summed E-state index contributed by atoms with van der Waals surface area (Å²) in [4.78, 5) is 13.6. The van der Waals surface area contributed by atoms with E-state index in [0.717, 1.165) is 12.5 Å². The molecule has 1 atom stereocenters. The third-order valence-corrected chi connectivity index (χ3v) is 3.53. The van der Waals surface area contributed by atoms with Gasteiger partial charge in [0.15, 0.2) is 0 Å². The second-order valence-corrected chi connectivity index (χ2v) is 5.11. The first kappa shape index (κ1) is 13.6.